The lowest BCUT2D eigenvalue weighted by Crippen LogP contribution is -2.12. The first-order chi connectivity index (χ1) is 8.15. The van der Waals surface area contributed by atoms with E-state index in [1.807, 2.05) is 6.08 Å². The maximum atomic E-state index is 11.9. The zero-order valence-electron chi connectivity index (χ0n) is 10.0. The molecule has 1 aliphatic carbocycles. The molecule has 0 unspecified atom stereocenters. The number of fused-ring (bicyclic) bond motifs is 1. The molecule has 2 heteroatoms. The van der Waals surface area contributed by atoms with E-state index in [4.69, 9.17) is 0 Å². The van der Waals surface area contributed by atoms with Crippen LogP contribution in [0.25, 0.3) is 0 Å². The molecule has 0 spiro atoms. The van der Waals surface area contributed by atoms with E-state index in [2.05, 4.69) is 32.1 Å². The molecule has 0 fully saturated rings. The molecule has 0 N–H and O–H groups in total. The molecule has 1 aliphatic heterocycles. The number of hydrogen-bond donors (Lipinski definition) is 0. The van der Waals surface area contributed by atoms with E-state index in [0.717, 1.165) is 11.3 Å². The van der Waals surface area contributed by atoms with Crippen LogP contribution < -0.4 is 0 Å². The predicted molar refractivity (Wildman–Crippen MR) is 71.3 cm³/mol. The monoisotopic (exact) mass is 242 g/mol. The predicted octanol–water partition coefficient (Wildman–Crippen LogP) is 3.73. The number of allylic oxidation sites excluding steroid dienone is 4. The van der Waals surface area contributed by atoms with Crippen LogP contribution in [0.15, 0.2) is 39.7 Å². The molecular formula is C15H14OS. The van der Waals surface area contributed by atoms with Crippen molar-refractivity contribution in [3.05, 3.63) is 51.5 Å². The summed E-state index contributed by atoms with van der Waals surface area (Å²) in [4.78, 5) is 14.1. The van der Waals surface area contributed by atoms with Crippen molar-refractivity contribution in [2.45, 2.75) is 31.6 Å². The number of aryl methyl sites for hydroxylation is 2. The van der Waals surface area contributed by atoms with Gasteiger partial charge in [0.25, 0.3) is 0 Å². The average molecular weight is 242 g/mol. The van der Waals surface area contributed by atoms with Crippen LogP contribution in [-0.4, -0.2) is 5.78 Å². The number of hydrogen-bond acceptors (Lipinski definition) is 2. The van der Waals surface area contributed by atoms with E-state index < -0.39 is 0 Å². The third kappa shape index (κ3) is 1.77. The fourth-order valence-electron chi connectivity index (χ4n) is 2.54. The lowest BCUT2D eigenvalue weighted by molar-refractivity contribution is -0.114. The highest BCUT2D eigenvalue weighted by Crippen LogP contribution is 2.43. The smallest absolute Gasteiger partial charge is 0.173 e. The highest BCUT2D eigenvalue weighted by atomic mass is 32.2. The van der Waals surface area contributed by atoms with Crippen molar-refractivity contribution >= 4 is 17.5 Å². The van der Waals surface area contributed by atoms with Gasteiger partial charge in [-0.1, -0.05) is 41.6 Å². The van der Waals surface area contributed by atoms with Gasteiger partial charge in [-0.2, -0.15) is 0 Å². The molecule has 0 atom stereocenters. The molecule has 86 valence electrons. The van der Waals surface area contributed by atoms with Crippen LogP contribution in [0.1, 0.15) is 23.1 Å². The van der Waals surface area contributed by atoms with E-state index in [1.165, 1.54) is 27.2 Å². The number of ketones is 1. The Bertz CT molecular complexity index is 579. The van der Waals surface area contributed by atoms with Gasteiger partial charge in [0.1, 0.15) is 0 Å². The van der Waals surface area contributed by atoms with Crippen LogP contribution in [0, 0.1) is 13.8 Å². The summed E-state index contributed by atoms with van der Waals surface area (Å²) in [5.74, 6) is 0.276. The Balaban J connectivity index is 2.12. The molecule has 0 amide bonds. The largest absolute Gasteiger partial charge is 0.293 e. The van der Waals surface area contributed by atoms with E-state index >= 15 is 0 Å². The summed E-state index contributed by atoms with van der Waals surface area (Å²) >= 11 is 1.66. The Morgan fingerprint density at radius 2 is 2.06 bits per heavy atom. The number of carbonyl (C=O) groups excluding carboxylic acids is 1. The summed E-state index contributed by atoms with van der Waals surface area (Å²) in [5.41, 5.74) is 5.16. The van der Waals surface area contributed by atoms with Crippen molar-refractivity contribution in [3.8, 4) is 0 Å². The summed E-state index contributed by atoms with van der Waals surface area (Å²) in [6, 6.07) is 4.44. The second kappa shape index (κ2) is 3.88. The van der Waals surface area contributed by atoms with Gasteiger partial charge in [0.05, 0.1) is 4.91 Å². The Labute approximate surface area is 106 Å². The molecule has 1 aromatic rings. The number of benzene rings is 1. The standard InChI is InChI=1S/C15H14OS/c1-9-6-10(2)14-12(7-9)8-11-4-3-5-13(16)15(11)17-14/h3-4,6-7H,5,8H2,1-2H3. The molecule has 0 radical (unpaired) electrons. The SMILES string of the molecule is Cc1cc(C)c2c(c1)CC1=C(S2)C(=O)CC=C1. The quantitative estimate of drug-likeness (QED) is 0.689. The summed E-state index contributed by atoms with van der Waals surface area (Å²) in [5, 5.41) is 0. The number of carbonyl (C=O) groups is 1. The minimum absolute atomic E-state index is 0.276. The van der Waals surface area contributed by atoms with E-state index in [9.17, 15) is 4.79 Å². The Kier molecular flexibility index (Phi) is 2.48. The minimum atomic E-state index is 0.276. The number of rotatable bonds is 0. The molecule has 1 aromatic carbocycles. The van der Waals surface area contributed by atoms with E-state index in [0.29, 0.717) is 6.42 Å². The lowest BCUT2D eigenvalue weighted by atomic mass is 9.96. The normalized spacial score (nSPS) is 18.1. The fraction of sp³-hybridized carbons (Fsp3) is 0.267. The molecule has 0 bridgehead atoms. The van der Waals surface area contributed by atoms with Gasteiger partial charge in [0.2, 0.25) is 0 Å². The number of Topliss-reactive ketones (excluding diaryl/α,β-unsaturated/α-hetero) is 1. The average Bonchev–Trinajstić information content (AvgIpc) is 2.27. The van der Waals surface area contributed by atoms with Gasteiger partial charge in [0.15, 0.2) is 5.78 Å². The third-order valence-electron chi connectivity index (χ3n) is 3.25. The van der Waals surface area contributed by atoms with Crippen molar-refractivity contribution in [3.63, 3.8) is 0 Å². The van der Waals surface area contributed by atoms with Gasteiger partial charge in [-0.3, -0.25) is 4.79 Å². The van der Waals surface area contributed by atoms with Gasteiger partial charge in [-0.25, -0.2) is 0 Å². The maximum absolute atomic E-state index is 11.9. The molecule has 0 saturated heterocycles. The Morgan fingerprint density at radius 1 is 1.24 bits per heavy atom. The summed E-state index contributed by atoms with van der Waals surface area (Å²) in [6.07, 6.45) is 5.56. The molecule has 17 heavy (non-hydrogen) atoms. The van der Waals surface area contributed by atoms with Crippen LogP contribution >= 0.6 is 11.8 Å². The van der Waals surface area contributed by atoms with Gasteiger partial charge < -0.3 is 0 Å². The molecule has 0 saturated carbocycles. The number of thioether (sulfide) groups is 1. The zero-order chi connectivity index (χ0) is 12.0. The lowest BCUT2D eigenvalue weighted by Gasteiger charge is -2.24. The first-order valence-corrected chi connectivity index (χ1v) is 6.67. The highest BCUT2D eigenvalue weighted by molar-refractivity contribution is 8.04. The second-order valence-electron chi connectivity index (χ2n) is 4.73. The Morgan fingerprint density at radius 3 is 2.88 bits per heavy atom. The van der Waals surface area contributed by atoms with E-state index in [-0.39, 0.29) is 5.78 Å². The fourth-order valence-corrected chi connectivity index (χ4v) is 3.70. The maximum Gasteiger partial charge on any atom is 0.173 e. The van der Waals surface area contributed by atoms with Gasteiger partial charge in [0, 0.05) is 11.3 Å². The van der Waals surface area contributed by atoms with Crippen LogP contribution in [0.2, 0.25) is 0 Å². The van der Waals surface area contributed by atoms with Crippen LogP contribution in [-0.2, 0) is 11.2 Å². The summed E-state index contributed by atoms with van der Waals surface area (Å²) in [7, 11) is 0. The van der Waals surface area contributed by atoms with Gasteiger partial charge >= 0.3 is 0 Å². The third-order valence-corrected chi connectivity index (χ3v) is 4.73. The molecule has 1 heterocycles. The first-order valence-electron chi connectivity index (χ1n) is 5.86. The molecular weight excluding hydrogens is 228 g/mol. The summed E-state index contributed by atoms with van der Waals surface area (Å²) in [6.45, 7) is 4.26. The van der Waals surface area contributed by atoms with Crippen molar-refractivity contribution < 1.29 is 4.79 Å². The Hall–Kier alpha value is -1.28. The second-order valence-corrected chi connectivity index (χ2v) is 5.75. The van der Waals surface area contributed by atoms with Crippen LogP contribution in [0.5, 0.6) is 0 Å². The van der Waals surface area contributed by atoms with Crippen molar-refractivity contribution in [2.24, 2.45) is 0 Å². The van der Waals surface area contributed by atoms with Crippen LogP contribution in [0.3, 0.4) is 0 Å². The van der Waals surface area contributed by atoms with Crippen molar-refractivity contribution in [1.29, 1.82) is 0 Å². The minimum Gasteiger partial charge on any atom is -0.293 e. The first kappa shape index (κ1) is 10.8. The van der Waals surface area contributed by atoms with Gasteiger partial charge in [-0.05, 0) is 37.0 Å². The zero-order valence-corrected chi connectivity index (χ0v) is 10.9. The van der Waals surface area contributed by atoms with E-state index in [1.54, 1.807) is 11.8 Å². The van der Waals surface area contributed by atoms with Crippen LogP contribution in [0.4, 0.5) is 0 Å². The molecule has 1 nitrogen and oxygen atoms in total. The topological polar surface area (TPSA) is 17.1 Å². The molecule has 0 aromatic heterocycles. The highest BCUT2D eigenvalue weighted by Gasteiger charge is 2.25. The van der Waals surface area contributed by atoms with Crippen molar-refractivity contribution in [2.75, 3.05) is 0 Å². The van der Waals surface area contributed by atoms with Gasteiger partial charge in [-0.15, -0.1) is 0 Å². The van der Waals surface area contributed by atoms with Crippen molar-refractivity contribution in [1.82, 2.24) is 0 Å². The molecule has 2 aliphatic rings. The summed E-state index contributed by atoms with van der Waals surface area (Å²) < 4.78 is 0. The molecule has 3 rings (SSSR count).